The summed E-state index contributed by atoms with van der Waals surface area (Å²) >= 11 is 0. The average molecular weight is 482 g/mol. The van der Waals surface area contributed by atoms with Crippen molar-refractivity contribution < 1.29 is 37.3 Å². The third-order valence-corrected chi connectivity index (χ3v) is 5.36. The summed E-state index contributed by atoms with van der Waals surface area (Å²) in [7, 11) is 0. The number of rotatable bonds is 5. The van der Waals surface area contributed by atoms with Gasteiger partial charge in [0.2, 0.25) is 0 Å². The second-order valence-electron chi connectivity index (χ2n) is 7.83. The fourth-order valence-corrected chi connectivity index (χ4v) is 3.85. The number of benzene rings is 4. The van der Waals surface area contributed by atoms with E-state index in [1.165, 1.54) is 42.5 Å². The first-order chi connectivity index (χ1) is 16.5. The summed E-state index contributed by atoms with van der Waals surface area (Å²) < 4.78 is 60.8. The molecule has 0 amide bonds. The molecule has 0 aliphatic carbocycles. The van der Waals surface area contributed by atoms with E-state index in [1.807, 2.05) is 0 Å². The van der Waals surface area contributed by atoms with Gasteiger partial charge in [-0.05, 0) is 77.5 Å². The van der Waals surface area contributed by atoms with Gasteiger partial charge in [0, 0.05) is 17.0 Å². The quantitative estimate of drug-likeness (QED) is 0.227. The molecule has 4 nitrogen and oxygen atoms in total. The molecule has 0 heterocycles. The molecular weight excluding hydrogens is 464 g/mol. The molecule has 178 valence electrons. The lowest BCUT2D eigenvalue weighted by molar-refractivity contribution is -0.138. The van der Waals surface area contributed by atoms with E-state index in [1.54, 1.807) is 19.1 Å². The number of phenols is 1. The first kappa shape index (κ1) is 23.8. The van der Waals surface area contributed by atoms with Crippen molar-refractivity contribution in [2.24, 2.45) is 0 Å². The van der Waals surface area contributed by atoms with E-state index in [4.69, 9.17) is 9.84 Å². The molecule has 2 N–H and O–H groups in total. The van der Waals surface area contributed by atoms with Crippen LogP contribution >= 0.6 is 0 Å². The largest absolute Gasteiger partial charge is 0.508 e. The predicted octanol–water partition coefficient (Wildman–Crippen LogP) is 7.57. The number of aromatic hydroxyl groups is 1. The molecule has 0 aromatic heterocycles. The van der Waals surface area contributed by atoms with Crippen molar-refractivity contribution >= 4 is 22.8 Å². The fourth-order valence-electron chi connectivity index (χ4n) is 3.85. The van der Waals surface area contributed by atoms with Gasteiger partial charge in [-0.3, -0.25) is 0 Å². The van der Waals surface area contributed by atoms with Crippen LogP contribution in [-0.2, 0) is 11.0 Å². The van der Waals surface area contributed by atoms with Crippen molar-refractivity contribution in [1.82, 2.24) is 0 Å². The molecule has 0 saturated heterocycles. The molecule has 0 saturated carbocycles. The normalized spacial score (nSPS) is 11.8. The van der Waals surface area contributed by atoms with Crippen LogP contribution in [0.5, 0.6) is 17.2 Å². The first-order valence-corrected chi connectivity index (χ1v) is 10.4. The smallest absolute Gasteiger partial charge is 0.417 e. The van der Waals surface area contributed by atoms with E-state index in [-0.39, 0.29) is 22.8 Å². The highest BCUT2D eigenvalue weighted by Crippen LogP contribution is 2.44. The van der Waals surface area contributed by atoms with Gasteiger partial charge in [0.25, 0.3) is 0 Å². The molecule has 0 unspecified atom stereocenters. The van der Waals surface area contributed by atoms with Crippen LogP contribution in [0.4, 0.5) is 17.6 Å². The van der Waals surface area contributed by atoms with Crippen LogP contribution in [-0.4, -0.2) is 16.2 Å². The zero-order chi connectivity index (χ0) is 25.3. The van der Waals surface area contributed by atoms with E-state index in [2.05, 4.69) is 0 Å². The SMILES string of the molecule is Cc1cc2cc(O)ccc2c(Oc2ccc(/C=C/C(=O)O)c(C(F)(F)F)c2)c1-c1ccc(F)cc1. The van der Waals surface area contributed by atoms with Crippen LogP contribution < -0.4 is 4.74 Å². The van der Waals surface area contributed by atoms with Crippen molar-refractivity contribution in [3.05, 3.63) is 95.3 Å². The Morgan fingerprint density at radius 3 is 2.34 bits per heavy atom. The van der Waals surface area contributed by atoms with Gasteiger partial charge >= 0.3 is 12.1 Å². The van der Waals surface area contributed by atoms with Crippen LogP contribution in [0.2, 0.25) is 0 Å². The summed E-state index contributed by atoms with van der Waals surface area (Å²) in [5.41, 5.74) is 0.440. The monoisotopic (exact) mass is 482 g/mol. The minimum atomic E-state index is -4.77. The highest BCUT2D eigenvalue weighted by Gasteiger charge is 2.33. The van der Waals surface area contributed by atoms with E-state index in [0.29, 0.717) is 33.5 Å². The van der Waals surface area contributed by atoms with Crippen LogP contribution in [0, 0.1) is 12.7 Å². The number of alkyl halides is 3. The van der Waals surface area contributed by atoms with Crippen LogP contribution in [0.25, 0.3) is 28.0 Å². The molecule has 8 heteroatoms. The number of fused-ring (bicyclic) bond motifs is 1. The molecule has 0 aliphatic heterocycles. The number of carbonyl (C=O) groups is 1. The number of aryl methyl sites for hydroxylation is 1. The minimum absolute atomic E-state index is 0.00584. The molecule has 0 aliphatic rings. The van der Waals surface area contributed by atoms with Gasteiger partial charge < -0.3 is 14.9 Å². The lowest BCUT2D eigenvalue weighted by Crippen LogP contribution is -2.08. The Morgan fingerprint density at radius 1 is 0.971 bits per heavy atom. The second-order valence-corrected chi connectivity index (χ2v) is 7.83. The molecule has 0 spiro atoms. The molecule has 4 aromatic rings. The lowest BCUT2D eigenvalue weighted by Gasteiger charge is -2.19. The lowest BCUT2D eigenvalue weighted by atomic mass is 9.94. The summed E-state index contributed by atoms with van der Waals surface area (Å²) in [5.74, 6) is -1.72. The summed E-state index contributed by atoms with van der Waals surface area (Å²) in [4.78, 5) is 10.8. The van der Waals surface area contributed by atoms with Gasteiger partial charge in [-0.15, -0.1) is 0 Å². The van der Waals surface area contributed by atoms with E-state index < -0.39 is 23.5 Å². The van der Waals surface area contributed by atoms with Gasteiger partial charge in [0.1, 0.15) is 23.1 Å². The van der Waals surface area contributed by atoms with Crippen molar-refractivity contribution in [3.8, 4) is 28.4 Å². The van der Waals surface area contributed by atoms with Gasteiger partial charge in [0.05, 0.1) is 5.56 Å². The molecule has 0 atom stereocenters. The number of aliphatic carboxylic acids is 1. The van der Waals surface area contributed by atoms with Gasteiger partial charge in [-0.1, -0.05) is 24.3 Å². The summed E-state index contributed by atoms with van der Waals surface area (Å²) in [5, 5.41) is 19.8. The van der Waals surface area contributed by atoms with E-state index >= 15 is 0 Å². The predicted molar refractivity (Wildman–Crippen MR) is 124 cm³/mol. The standard InChI is InChI=1S/C27H18F4O4/c1-15-12-18-13-20(32)8-10-22(18)26(25(15)17-2-6-19(28)7-3-17)35-21-9-4-16(5-11-24(33)34)23(14-21)27(29,30)31/h2-14,32H,1H3,(H,33,34)/b11-5+. The Hall–Kier alpha value is -4.33. The Balaban J connectivity index is 1.92. The average Bonchev–Trinajstić information content (AvgIpc) is 2.78. The Bertz CT molecular complexity index is 1460. The Morgan fingerprint density at radius 2 is 1.69 bits per heavy atom. The first-order valence-electron chi connectivity index (χ1n) is 10.4. The maximum absolute atomic E-state index is 13.7. The maximum atomic E-state index is 13.7. The number of hydrogen-bond donors (Lipinski definition) is 2. The Labute approximate surface area is 197 Å². The fraction of sp³-hybridized carbons (Fsp3) is 0.0741. The van der Waals surface area contributed by atoms with Crippen LogP contribution in [0.1, 0.15) is 16.7 Å². The second kappa shape index (κ2) is 9.13. The van der Waals surface area contributed by atoms with Crippen LogP contribution in [0.3, 0.4) is 0 Å². The van der Waals surface area contributed by atoms with Crippen molar-refractivity contribution in [2.75, 3.05) is 0 Å². The molecule has 0 fully saturated rings. The summed E-state index contributed by atoms with van der Waals surface area (Å²) in [6.07, 6.45) is -3.28. The zero-order valence-corrected chi connectivity index (χ0v) is 18.2. The zero-order valence-electron chi connectivity index (χ0n) is 18.2. The number of halogens is 4. The van der Waals surface area contributed by atoms with E-state index in [9.17, 15) is 27.5 Å². The summed E-state index contributed by atoms with van der Waals surface area (Å²) in [6.45, 7) is 1.77. The number of ether oxygens (including phenoxy) is 1. The molecular formula is C27H18F4O4. The number of phenolic OH excluding ortho intramolecular Hbond substituents is 1. The summed E-state index contributed by atoms with van der Waals surface area (Å²) in [6, 6.07) is 15.2. The molecule has 35 heavy (non-hydrogen) atoms. The third-order valence-electron chi connectivity index (χ3n) is 5.36. The maximum Gasteiger partial charge on any atom is 0.417 e. The molecule has 0 radical (unpaired) electrons. The molecule has 0 bridgehead atoms. The van der Waals surface area contributed by atoms with E-state index in [0.717, 1.165) is 18.2 Å². The van der Waals surface area contributed by atoms with Gasteiger partial charge in [-0.25, -0.2) is 9.18 Å². The Kier molecular flexibility index (Phi) is 6.22. The highest BCUT2D eigenvalue weighted by molar-refractivity contribution is 5.97. The topological polar surface area (TPSA) is 66.8 Å². The molecule has 4 aromatic carbocycles. The van der Waals surface area contributed by atoms with Crippen molar-refractivity contribution in [3.63, 3.8) is 0 Å². The number of carboxylic acid groups (broad SMARTS) is 1. The number of carboxylic acids is 1. The number of hydrogen-bond acceptors (Lipinski definition) is 3. The molecule has 4 rings (SSSR count). The van der Waals surface area contributed by atoms with Gasteiger partial charge in [0.15, 0.2) is 0 Å². The van der Waals surface area contributed by atoms with Crippen molar-refractivity contribution in [1.29, 1.82) is 0 Å². The minimum Gasteiger partial charge on any atom is -0.508 e. The highest BCUT2D eigenvalue weighted by atomic mass is 19.4. The van der Waals surface area contributed by atoms with Crippen LogP contribution in [0.15, 0.2) is 72.8 Å². The van der Waals surface area contributed by atoms with Gasteiger partial charge in [-0.2, -0.15) is 13.2 Å². The third kappa shape index (κ3) is 5.11. The van der Waals surface area contributed by atoms with Crippen molar-refractivity contribution in [2.45, 2.75) is 13.1 Å².